The monoisotopic (exact) mass is 255 g/mol. The molecule has 3 rings (SSSR count). The number of anilines is 1. The second-order valence-corrected chi connectivity index (χ2v) is 4.89. The van der Waals surface area contributed by atoms with Gasteiger partial charge in [-0.25, -0.2) is 0 Å². The standard InChI is InChI=1S/C16H17NO2/c1-11-6-7-13(17)9-16(11)18-10-14-8-12-4-2-3-5-15(12)19-14/h2-7,9,14H,8,10,17H2,1H3. The fourth-order valence-electron chi connectivity index (χ4n) is 2.30. The van der Waals surface area contributed by atoms with Gasteiger partial charge in [0.05, 0.1) is 0 Å². The van der Waals surface area contributed by atoms with E-state index in [1.165, 1.54) is 5.56 Å². The molecule has 0 amide bonds. The maximum atomic E-state index is 5.84. The SMILES string of the molecule is Cc1ccc(N)cc1OCC1Cc2ccccc2O1. The lowest BCUT2D eigenvalue weighted by Gasteiger charge is -2.14. The lowest BCUT2D eigenvalue weighted by atomic mass is 10.1. The van der Waals surface area contributed by atoms with E-state index in [1.54, 1.807) is 0 Å². The molecule has 0 spiro atoms. The third-order valence-electron chi connectivity index (χ3n) is 3.35. The average Bonchev–Trinajstić information content (AvgIpc) is 2.82. The number of aryl methyl sites for hydroxylation is 1. The van der Waals surface area contributed by atoms with Gasteiger partial charge in [0, 0.05) is 18.2 Å². The van der Waals surface area contributed by atoms with E-state index in [-0.39, 0.29) is 6.10 Å². The molecule has 3 nitrogen and oxygen atoms in total. The van der Waals surface area contributed by atoms with Crippen molar-refractivity contribution in [1.82, 2.24) is 0 Å². The van der Waals surface area contributed by atoms with E-state index in [0.29, 0.717) is 6.61 Å². The van der Waals surface area contributed by atoms with E-state index in [1.807, 2.05) is 43.3 Å². The van der Waals surface area contributed by atoms with Crippen LogP contribution in [0, 0.1) is 6.92 Å². The molecule has 1 atom stereocenters. The van der Waals surface area contributed by atoms with Crippen LogP contribution >= 0.6 is 0 Å². The third kappa shape index (κ3) is 2.50. The summed E-state index contributed by atoms with van der Waals surface area (Å²) in [6, 6.07) is 13.8. The Morgan fingerprint density at radius 1 is 1.26 bits per heavy atom. The molecule has 2 N–H and O–H groups in total. The first-order valence-corrected chi connectivity index (χ1v) is 6.46. The number of ether oxygens (including phenoxy) is 2. The Kier molecular flexibility index (Phi) is 3.03. The minimum atomic E-state index is 0.0817. The average molecular weight is 255 g/mol. The van der Waals surface area contributed by atoms with Gasteiger partial charge in [-0.15, -0.1) is 0 Å². The Labute approximate surface area is 113 Å². The molecule has 19 heavy (non-hydrogen) atoms. The van der Waals surface area contributed by atoms with Gasteiger partial charge in [-0.2, -0.15) is 0 Å². The van der Waals surface area contributed by atoms with E-state index < -0.39 is 0 Å². The number of benzene rings is 2. The molecular formula is C16H17NO2. The summed E-state index contributed by atoms with van der Waals surface area (Å²) in [6.45, 7) is 2.55. The van der Waals surface area contributed by atoms with E-state index >= 15 is 0 Å². The second-order valence-electron chi connectivity index (χ2n) is 4.89. The summed E-state index contributed by atoms with van der Waals surface area (Å²) in [5.74, 6) is 1.81. The lowest BCUT2D eigenvalue weighted by Crippen LogP contribution is -2.22. The largest absolute Gasteiger partial charge is 0.489 e. The van der Waals surface area contributed by atoms with Crippen LogP contribution < -0.4 is 15.2 Å². The maximum Gasteiger partial charge on any atom is 0.137 e. The first-order valence-electron chi connectivity index (χ1n) is 6.46. The highest BCUT2D eigenvalue weighted by Crippen LogP contribution is 2.29. The van der Waals surface area contributed by atoms with E-state index in [9.17, 15) is 0 Å². The summed E-state index contributed by atoms with van der Waals surface area (Å²) in [5.41, 5.74) is 8.83. The van der Waals surface area contributed by atoms with Crippen molar-refractivity contribution >= 4 is 5.69 Å². The van der Waals surface area contributed by atoms with Crippen LogP contribution in [0.2, 0.25) is 0 Å². The Bertz CT molecular complexity index is 570. The second kappa shape index (κ2) is 4.84. The van der Waals surface area contributed by atoms with Crippen LogP contribution in [0.5, 0.6) is 11.5 Å². The van der Waals surface area contributed by atoms with Gasteiger partial charge in [0.25, 0.3) is 0 Å². The van der Waals surface area contributed by atoms with Crippen LogP contribution in [0.15, 0.2) is 42.5 Å². The molecule has 0 fully saturated rings. The molecule has 98 valence electrons. The summed E-state index contributed by atoms with van der Waals surface area (Å²) in [5, 5.41) is 0. The zero-order valence-electron chi connectivity index (χ0n) is 10.9. The molecule has 1 unspecified atom stereocenters. The summed E-state index contributed by atoms with van der Waals surface area (Å²) in [7, 11) is 0. The van der Waals surface area contributed by atoms with Gasteiger partial charge in [0.2, 0.25) is 0 Å². The van der Waals surface area contributed by atoms with Crippen LogP contribution in [0.3, 0.4) is 0 Å². The van der Waals surface area contributed by atoms with Crippen molar-refractivity contribution in [2.45, 2.75) is 19.4 Å². The number of hydrogen-bond donors (Lipinski definition) is 1. The first-order chi connectivity index (χ1) is 9.22. The summed E-state index contributed by atoms with van der Waals surface area (Å²) >= 11 is 0. The van der Waals surface area contributed by atoms with E-state index in [4.69, 9.17) is 15.2 Å². The number of nitrogens with two attached hydrogens (primary N) is 1. The Balaban J connectivity index is 1.64. The topological polar surface area (TPSA) is 44.5 Å². The Hall–Kier alpha value is -2.16. The van der Waals surface area contributed by atoms with Crippen molar-refractivity contribution in [2.24, 2.45) is 0 Å². The zero-order chi connectivity index (χ0) is 13.2. The number of hydrogen-bond acceptors (Lipinski definition) is 3. The predicted molar refractivity (Wildman–Crippen MR) is 75.6 cm³/mol. The van der Waals surface area contributed by atoms with Crippen molar-refractivity contribution in [3.63, 3.8) is 0 Å². The molecule has 0 aromatic heterocycles. The Morgan fingerprint density at radius 3 is 2.95 bits per heavy atom. The molecule has 3 heteroatoms. The van der Waals surface area contributed by atoms with Gasteiger partial charge in [0.15, 0.2) is 0 Å². The van der Waals surface area contributed by atoms with E-state index in [2.05, 4.69) is 6.07 Å². The molecule has 0 saturated heterocycles. The van der Waals surface area contributed by atoms with Crippen molar-refractivity contribution in [3.8, 4) is 11.5 Å². The molecule has 1 aliphatic heterocycles. The van der Waals surface area contributed by atoms with E-state index in [0.717, 1.165) is 29.2 Å². The zero-order valence-corrected chi connectivity index (χ0v) is 10.9. The van der Waals surface area contributed by atoms with Gasteiger partial charge >= 0.3 is 0 Å². The lowest BCUT2D eigenvalue weighted by molar-refractivity contribution is 0.148. The molecule has 0 saturated carbocycles. The fraction of sp³-hybridized carbons (Fsp3) is 0.250. The molecular weight excluding hydrogens is 238 g/mol. The summed E-state index contributed by atoms with van der Waals surface area (Å²) < 4.78 is 11.7. The Morgan fingerprint density at radius 2 is 2.11 bits per heavy atom. The smallest absolute Gasteiger partial charge is 0.137 e. The number of nitrogen functional groups attached to an aromatic ring is 1. The van der Waals surface area contributed by atoms with Gasteiger partial charge in [0.1, 0.15) is 24.2 Å². The van der Waals surface area contributed by atoms with Crippen molar-refractivity contribution in [3.05, 3.63) is 53.6 Å². The van der Waals surface area contributed by atoms with Crippen LogP contribution in [-0.2, 0) is 6.42 Å². The molecule has 0 aliphatic carbocycles. The number of rotatable bonds is 3. The van der Waals surface area contributed by atoms with Gasteiger partial charge < -0.3 is 15.2 Å². The van der Waals surface area contributed by atoms with Gasteiger partial charge in [-0.1, -0.05) is 24.3 Å². The highest BCUT2D eigenvalue weighted by atomic mass is 16.5. The van der Waals surface area contributed by atoms with Crippen molar-refractivity contribution < 1.29 is 9.47 Å². The van der Waals surface area contributed by atoms with Crippen molar-refractivity contribution in [1.29, 1.82) is 0 Å². The fourth-order valence-corrected chi connectivity index (χ4v) is 2.30. The molecule has 0 bridgehead atoms. The quantitative estimate of drug-likeness (QED) is 0.858. The van der Waals surface area contributed by atoms with Crippen molar-refractivity contribution in [2.75, 3.05) is 12.3 Å². The molecule has 2 aromatic carbocycles. The predicted octanol–water partition coefficient (Wildman–Crippen LogP) is 2.96. The summed E-state index contributed by atoms with van der Waals surface area (Å²) in [4.78, 5) is 0. The number of para-hydroxylation sites is 1. The molecule has 1 heterocycles. The molecule has 1 aliphatic rings. The third-order valence-corrected chi connectivity index (χ3v) is 3.35. The highest BCUT2D eigenvalue weighted by Gasteiger charge is 2.22. The number of fused-ring (bicyclic) bond motifs is 1. The normalized spacial score (nSPS) is 16.8. The van der Waals surface area contributed by atoms with Crippen LogP contribution in [0.25, 0.3) is 0 Å². The van der Waals surface area contributed by atoms with Gasteiger partial charge in [-0.3, -0.25) is 0 Å². The van der Waals surface area contributed by atoms with Crippen LogP contribution in [0.4, 0.5) is 5.69 Å². The highest BCUT2D eigenvalue weighted by molar-refractivity contribution is 5.48. The van der Waals surface area contributed by atoms with Crippen LogP contribution in [-0.4, -0.2) is 12.7 Å². The van der Waals surface area contributed by atoms with Crippen LogP contribution in [0.1, 0.15) is 11.1 Å². The summed E-state index contributed by atoms with van der Waals surface area (Å²) in [6.07, 6.45) is 0.982. The minimum Gasteiger partial charge on any atom is -0.489 e. The van der Waals surface area contributed by atoms with Gasteiger partial charge in [-0.05, 0) is 30.2 Å². The molecule has 2 aromatic rings. The minimum absolute atomic E-state index is 0.0817. The maximum absolute atomic E-state index is 5.84. The first kappa shape index (κ1) is 11.9. The molecule has 0 radical (unpaired) electrons.